The van der Waals surface area contributed by atoms with E-state index in [1.54, 1.807) is 4.68 Å². The van der Waals surface area contributed by atoms with Crippen LogP contribution in [0, 0.1) is 6.92 Å². The Bertz CT molecular complexity index is 385. The van der Waals surface area contributed by atoms with Crippen molar-refractivity contribution in [2.24, 2.45) is 7.05 Å². The maximum absolute atomic E-state index is 11.7. The Labute approximate surface area is 88.8 Å². The monoisotopic (exact) mass is 208 g/mol. The Kier molecular flexibility index (Phi) is 2.48. The van der Waals surface area contributed by atoms with Crippen molar-refractivity contribution in [2.75, 3.05) is 6.54 Å². The number of rotatable bonds is 1. The molecule has 1 fully saturated rings. The number of piperazine rings is 1. The van der Waals surface area contributed by atoms with Crippen LogP contribution in [0.1, 0.15) is 24.4 Å². The lowest BCUT2D eigenvalue weighted by atomic mass is 10.1. The molecule has 2 atom stereocenters. The highest BCUT2D eigenvalue weighted by atomic mass is 16.2. The molecular weight excluding hydrogens is 192 g/mol. The summed E-state index contributed by atoms with van der Waals surface area (Å²) in [6.07, 6.45) is 0. The maximum atomic E-state index is 11.7. The highest BCUT2D eigenvalue weighted by molar-refractivity contribution is 5.83. The van der Waals surface area contributed by atoms with Crippen molar-refractivity contribution >= 4 is 5.91 Å². The van der Waals surface area contributed by atoms with Gasteiger partial charge in [0.05, 0.1) is 11.4 Å². The van der Waals surface area contributed by atoms with E-state index in [-0.39, 0.29) is 11.9 Å². The molecule has 0 aliphatic carbocycles. The summed E-state index contributed by atoms with van der Waals surface area (Å²) in [7, 11) is 1.86. The molecule has 5 nitrogen and oxygen atoms in total. The fourth-order valence-corrected chi connectivity index (χ4v) is 1.90. The van der Waals surface area contributed by atoms with Crippen molar-refractivity contribution in [3.05, 3.63) is 17.5 Å². The summed E-state index contributed by atoms with van der Waals surface area (Å²) in [6.45, 7) is 4.66. The summed E-state index contributed by atoms with van der Waals surface area (Å²) < 4.78 is 1.75. The van der Waals surface area contributed by atoms with Crippen LogP contribution in [0.4, 0.5) is 0 Å². The molecule has 2 N–H and O–H groups in total. The zero-order chi connectivity index (χ0) is 11.0. The number of carbonyl (C=O) groups excluding carboxylic acids is 1. The standard InChI is InChI=1S/C10H16N4O/c1-6-4-8(14(3)13-6)9-10(15)11-5-7(2)12-9/h4,7,9,12H,5H2,1-3H3,(H,11,15). The molecule has 82 valence electrons. The predicted octanol–water partition coefficient (Wildman–Crippen LogP) is -0.122. The minimum atomic E-state index is -0.278. The van der Waals surface area contributed by atoms with Gasteiger partial charge in [-0.25, -0.2) is 0 Å². The van der Waals surface area contributed by atoms with Gasteiger partial charge in [0.2, 0.25) is 5.91 Å². The quantitative estimate of drug-likeness (QED) is 0.676. The van der Waals surface area contributed by atoms with Crippen molar-refractivity contribution in [1.29, 1.82) is 0 Å². The topological polar surface area (TPSA) is 58.9 Å². The minimum absolute atomic E-state index is 0.0242. The highest BCUT2D eigenvalue weighted by Crippen LogP contribution is 2.16. The molecule has 1 saturated heterocycles. The molecule has 0 radical (unpaired) electrons. The molecule has 2 rings (SSSR count). The summed E-state index contributed by atoms with van der Waals surface area (Å²) in [6, 6.07) is 1.96. The normalized spacial score (nSPS) is 26.5. The predicted molar refractivity (Wildman–Crippen MR) is 56.3 cm³/mol. The second kappa shape index (κ2) is 3.66. The van der Waals surface area contributed by atoms with E-state index in [0.717, 1.165) is 11.4 Å². The second-order valence-electron chi connectivity index (χ2n) is 4.08. The summed E-state index contributed by atoms with van der Waals surface area (Å²) >= 11 is 0. The third kappa shape index (κ3) is 1.87. The largest absolute Gasteiger partial charge is 0.353 e. The van der Waals surface area contributed by atoms with Gasteiger partial charge in [0.1, 0.15) is 6.04 Å². The van der Waals surface area contributed by atoms with Gasteiger partial charge in [0.25, 0.3) is 0 Å². The Morgan fingerprint density at radius 2 is 2.33 bits per heavy atom. The summed E-state index contributed by atoms with van der Waals surface area (Å²) in [4.78, 5) is 11.7. The van der Waals surface area contributed by atoms with Crippen LogP contribution >= 0.6 is 0 Å². The molecular formula is C10H16N4O. The molecule has 2 heterocycles. The molecule has 1 amide bonds. The zero-order valence-corrected chi connectivity index (χ0v) is 9.24. The molecule has 0 saturated carbocycles. The zero-order valence-electron chi connectivity index (χ0n) is 9.24. The molecule has 1 aliphatic rings. The van der Waals surface area contributed by atoms with Gasteiger partial charge in [0, 0.05) is 19.6 Å². The summed E-state index contributed by atoms with van der Waals surface area (Å²) in [5, 5.41) is 10.4. The fourth-order valence-electron chi connectivity index (χ4n) is 1.90. The molecule has 2 unspecified atom stereocenters. The molecule has 5 heteroatoms. The smallest absolute Gasteiger partial charge is 0.243 e. The van der Waals surface area contributed by atoms with E-state index in [9.17, 15) is 4.79 Å². The van der Waals surface area contributed by atoms with E-state index < -0.39 is 0 Å². The Hall–Kier alpha value is -1.36. The van der Waals surface area contributed by atoms with Crippen LogP contribution in [0.5, 0.6) is 0 Å². The van der Waals surface area contributed by atoms with Crippen LogP contribution in [0.15, 0.2) is 6.07 Å². The maximum Gasteiger partial charge on any atom is 0.243 e. The van der Waals surface area contributed by atoms with Crippen molar-refractivity contribution in [3.8, 4) is 0 Å². The summed E-state index contributed by atoms with van der Waals surface area (Å²) in [5.41, 5.74) is 1.84. The number of nitrogens with zero attached hydrogens (tertiary/aromatic N) is 2. The minimum Gasteiger partial charge on any atom is -0.353 e. The van der Waals surface area contributed by atoms with Crippen LogP contribution in [0.3, 0.4) is 0 Å². The number of carbonyl (C=O) groups is 1. The lowest BCUT2D eigenvalue weighted by Gasteiger charge is -2.28. The lowest BCUT2D eigenvalue weighted by molar-refractivity contribution is -0.125. The van der Waals surface area contributed by atoms with E-state index in [1.165, 1.54) is 0 Å². The molecule has 15 heavy (non-hydrogen) atoms. The van der Waals surface area contributed by atoms with Crippen LogP contribution < -0.4 is 10.6 Å². The second-order valence-corrected chi connectivity index (χ2v) is 4.08. The molecule has 0 bridgehead atoms. The van der Waals surface area contributed by atoms with Crippen molar-refractivity contribution in [1.82, 2.24) is 20.4 Å². The van der Waals surface area contributed by atoms with E-state index in [2.05, 4.69) is 22.7 Å². The first kappa shape index (κ1) is 10.2. The fraction of sp³-hybridized carbons (Fsp3) is 0.600. The van der Waals surface area contributed by atoms with Gasteiger partial charge in [-0.05, 0) is 19.9 Å². The number of amides is 1. The van der Waals surface area contributed by atoms with E-state index >= 15 is 0 Å². The van der Waals surface area contributed by atoms with Crippen molar-refractivity contribution in [2.45, 2.75) is 25.9 Å². The molecule has 0 aromatic carbocycles. The third-order valence-electron chi connectivity index (χ3n) is 2.63. The number of nitrogens with one attached hydrogen (secondary N) is 2. The SMILES string of the molecule is Cc1cc(C2NC(C)CNC2=O)n(C)n1. The Morgan fingerprint density at radius 3 is 2.93 bits per heavy atom. The highest BCUT2D eigenvalue weighted by Gasteiger charge is 2.29. The van der Waals surface area contributed by atoms with Gasteiger partial charge < -0.3 is 5.32 Å². The summed E-state index contributed by atoms with van der Waals surface area (Å²) in [5.74, 6) is 0.0242. The lowest BCUT2D eigenvalue weighted by Crippen LogP contribution is -2.52. The first-order chi connectivity index (χ1) is 7.08. The Balaban J connectivity index is 2.28. The van der Waals surface area contributed by atoms with Gasteiger partial charge in [0.15, 0.2) is 0 Å². The van der Waals surface area contributed by atoms with Crippen molar-refractivity contribution < 1.29 is 4.79 Å². The van der Waals surface area contributed by atoms with Gasteiger partial charge in [-0.2, -0.15) is 5.10 Å². The number of aromatic nitrogens is 2. The first-order valence-electron chi connectivity index (χ1n) is 5.12. The van der Waals surface area contributed by atoms with E-state index in [1.807, 2.05) is 20.0 Å². The molecule has 1 aliphatic heterocycles. The third-order valence-corrected chi connectivity index (χ3v) is 2.63. The Morgan fingerprint density at radius 1 is 1.60 bits per heavy atom. The van der Waals surface area contributed by atoms with Crippen molar-refractivity contribution in [3.63, 3.8) is 0 Å². The van der Waals surface area contributed by atoms with Crippen LogP contribution in [-0.4, -0.2) is 28.3 Å². The van der Waals surface area contributed by atoms with Gasteiger partial charge in [-0.3, -0.25) is 14.8 Å². The van der Waals surface area contributed by atoms with Gasteiger partial charge in [-0.1, -0.05) is 0 Å². The first-order valence-corrected chi connectivity index (χ1v) is 5.12. The average molecular weight is 208 g/mol. The molecule has 0 spiro atoms. The van der Waals surface area contributed by atoms with Gasteiger partial charge >= 0.3 is 0 Å². The van der Waals surface area contributed by atoms with Gasteiger partial charge in [-0.15, -0.1) is 0 Å². The molecule has 1 aromatic rings. The number of hydrogen-bond donors (Lipinski definition) is 2. The number of aryl methyl sites for hydroxylation is 2. The van der Waals surface area contributed by atoms with Crippen LogP contribution in [0.2, 0.25) is 0 Å². The van der Waals surface area contributed by atoms with E-state index in [4.69, 9.17) is 0 Å². The number of hydrogen-bond acceptors (Lipinski definition) is 3. The van der Waals surface area contributed by atoms with E-state index in [0.29, 0.717) is 12.6 Å². The van der Waals surface area contributed by atoms with Crippen LogP contribution in [0.25, 0.3) is 0 Å². The molecule has 1 aromatic heterocycles. The average Bonchev–Trinajstić information content (AvgIpc) is 2.50. The van der Waals surface area contributed by atoms with Crippen LogP contribution in [-0.2, 0) is 11.8 Å².